The summed E-state index contributed by atoms with van der Waals surface area (Å²) in [6.07, 6.45) is 2.39. The second-order valence-corrected chi connectivity index (χ2v) is 5.17. The molecule has 1 atom stereocenters. The summed E-state index contributed by atoms with van der Waals surface area (Å²) >= 11 is 0. The minimum absolute atomic E-state index is 0.0246. The molecule has 1 amide bonds. The van der Waals surface area contributed by atoms with E-state index in [1.165, 1.54) is 12.8 Å². The summed E-state index contributed by atoms with van der Waals surface area (Å²) in [4.78, 5) is 14.3. The lowest BCUT2D eigenvalue weighted by Gasteiger charge is -2.32. The van der Waals surface area contributed by atoms with E-state index in [4.69, 9.17) is 5.73 Å². The molecule has 1 heterocycles. The first-order valence-corrected chi connectivity index (χ1v) is 7.05. The molecule has 104 valence electrons. The maximum Gasteiger partial charge on any atom is 0.251 e. The maximum atomic E-state index is 11.9. The fourth-order valence-electron chi connectivity index (χ4n) is 2.63. The van der Waals surface area contributed by atoms with E-state index in [0.717, 1.165) is 31.7 Å². The smallest absolute Gasteiger partial charge is 0.251 e. The van der Waals surface area contributed by atoms with Crippen molar-refractivity contribution in [2.24, 2.45) is 11.7 Å². The molecule has 1 unspecified atom stereocenters. The normalized spacial score (nSPS) is 20.2. The second kappa shape index (κ2) is 7.26. The second-order valence-electron chi connectivity index (χ2n) is 5.17. The van der Waals surface area contributed by atoms with E-state index in [1.54, 1.807) is 0 Å². The van der Waals surface area contributed by atoms with Crippen LogP contribution in [-0.4, -0.2) is 43.5 Å². The first kappa shape index (κ1) is 14.0. The van der Waals surface area contributed by atoms with Crippen LogP contribution in [0.3, 0.4) is 0 Å². The number of carbonyl (C=O) groups excluding carboxylic acids is 1. The predicted molar refractivity (Wildman–Crippen MR) is 77.0 cm³/mol. The molecule has 0 saturated carbocycles. The molecule has 0 aromatic heterocycles. The first-order chi connectivity index (χ1) is 9.29. The lowest BCUT2D eigenvalue weighted by molar-refractivity contribution is 0.0933. The SMILES string of the molecule is NCCN1CCCC(CNC(=O)c2ccccc2)C1. The van der Waals surface area contributed by atoms with Crippen LogP contribution in [0.25, 0.3) is 0 Å². The molecule has 1 aliphatic rings. The minimum Gasteiger partial charge on any atom is -0.352 e. The zero-order chi connectivity index (χ0) is 13.5. The maximum absolute atomic E-state index is 11.9. The third-order valence-corrected chi connectivity index (χ3v) is 3.64. The average Bonchev–Trinajstić information content (AvgIpc) is 2.46. The number of benzene rings is 1. The fourth-order valence-corrected chi connectivity index (χ4v) is 2.63. The molecule has 1 fully saturated rings. The standard InChI is InChI=1S/C15H23N3O/c16-8-10-18-9-4-5-13(12-18)11-17-15(19)14-6-2-1-3-7-14/h1-3,6-7,13H,4-5,8-12,16H2,(H,17,19). The van der Waals surface area contributed by atoms with Crippen molar-refractivity contribution in [3.63, 3.8) is 0 Å². The van der Waals surface area contributed by atoms with Crippen LogP contribution < -0.4 is 11.1 Å². The molecule has 19 heavy (non-hydrogen) atoms. The van der Waals surface area contributed by atoms with Crippen molar-refractivity contribution in [3.8, 4) is 0 Å². The zero-order valence-corrected chi connectivity index (χ0v) is 11.3. The lowest BCUT2D eigenvalue weighted by Crippen LogP contribution is -2.42. The number of carbonyl (C=O) groups is 1. The molecule has 0 aliphatic carbocycles. The molecule has 4 nitrogen and oxygen atoms in total. The van der Waals surface area contributed by atoms with Gasteiger partial charge in [-0.1, -0.05) is 18.2 Å². The zero-order valence-electron chi connectivity index (χ0n) is 11.3. The van der Waals surface area contributed by atoms with Gasteiger partial charge < -0.3 is 16.0 Å². The van der Waals surface area contributed by atoms with Crippen LogP contribution >= 0.6 is 0 Å². The monoisotopic (exact) mass is 261 g/mol. The highest BCUT2D eigenvalue weighted by molar-refractivity contribution is 5.94. The van der Waals surface area contributed by atoms with Crippen molar-refractivity contribution in [1.29, 1.82) is 0 Å². The van der Waals surface area contributed by atoms with Gasteiger partial charge >= 0.3 is 0 Å². The Morgan fingerprint density at radius 3 is 2.89 bits per heavy atom. The Morgan fingerprint density at radius 1 is 1.37 bits per heavy atom. The Labute approximate surface area is 115 Å². The lowest BCUT2D eigenvalue weighted by atomic mass is 9.98. The number of hydrogen-bond acceptors (Lipinski definition) is 3. The van der Waals surface area contributed by atoms with Gasteiger partial charge in [0.05, 0.1) is 0 Å². The van der Waals surface area contributed by atoms with Crippen molar-refractivity contribution >= 4 is 5.91 Å². The first-order valence-electron chi connectivity index (χ1n) is 7.05. The number of likely N-dealkylation sites (tertiary alicyclic amines) is 1. The van der Waals surface area contributed by atoms with Gasteiger partial charge in [0.2, 0.25) is 0 Å². The third kappa shape index (κ3) is 4.33. The Balaban J connectivity index is 1.77. The fraction of sp³-hybridized carbons (Fsp3) is 0.533. The summed E-state index contributed by atoms with van der Waals surface area (Å²) in [5.74, 6) is 0.574. The van der Waals surface area contributed by atoms with Crippen LogP contribution in [0.2, 0.25) is 0 Å². The highest BCUT2D eigenvalue weighted by Crippen LogP contribution is 2.15. The highest BCUT2D eigenvalue weighted by Gasteiger charge is 2.19. The Kier molecular flexibility index (Phi) is 5.36. The van der Waals surface area contributed by atoms with Crippen molar-refractivity contribution in [3.05, 3.63) is 35.9 Å². The Morgan fingerprint density at radius 2 is 2.16 bits per heavy atom. The van der Waals surface area contributed by atoms with Gasteiger partial charge in [0.15, 0.2) is 0 Å². The van der Waals surface area contributed by atoms with Gasteiger partial charge in [0, 0.05) is 31.7 Å². The van der Waals surface area contributed by atoms with E-state index in [0.29, 0.717) is 12.5 Å². The molecule has 1 saturated heterocycles. The van der Waals surface area contributed by atoms with Crippen LogP contribution in [0, 0.1) is 5.92 Å². The number of nitrogens with zero attached hydrogens (tertiary/aromatic N) is 1. The van der Waals surface area contributed by atoms with E-state index >= 15 is 0 Å². The molecule has 3 N–H and O–H groups in total. The minimum atomic E-state index is 0.0246. The molecule has 0 bridgehead atoms. The van der Waals surface area contributed by atoms with Crippen molar-refractivity contribution in [1.82, 2.24) is 10.2 Å². The molecular formula is C15H23N3O. The molecular weight excluding hydrogens is 238 g/mol. The van der Waals surface area contributed by atoms with Gasteiger partial charge in [-0.2, -0.15) is 0 Å². The number of nitrogens with one attached hydrogen (secondary N) is 1. The average molecular weight is 261 g/mol. The van der Waals surface area contributed by atoms with Crippen LogP contribution in [0.5, 0.6) is 0 Å². The van der Waals surface area contributed by atoms with Crippen molar-refractivity contribution < 1.29 is 4.79 Å². The molecule has 2 rings (SSSR count). The molecule has 1 aromatic rings. The van der Waals surface area contributed by atoms with Crippen LogP contribution in [-0.2, 0) is 0 Å². The quantitative estimate of drug-likeness (QED) is 0.834. The number of nitrogens with two attached hydrogens (primary N) is 1. The highest BCUT2D eigenvalue weighted by atomic mass is 16.1. The largest absolute Gasteiger partial charge is 0.352 e. The van der Waals surface area contributed by atoms with Gasteiger partial charge in [-0.05, 0) is 37.4 Å². The van der Waals surface area contributed by atoms with Crippen LogP contribution in [0.15, 0.2) is 30.3 Å². The van der Waals surface area contributed by atoms with E-state index < -0.39 is 0 Å². The van der Waals surface area contributed by atoms with Crippen molar-refractivity contribution in [2.45, 2.75) is 12.8 Å². The summed E-state index contributed by atoms with van der Waals surface area (Å²) in [5.41, 5.74) is 6.33. The van der Waals surface area contributed by atoms with Gasteiger partial charge in [-0.25, -0.2) is 0 Å². The van der Waals surface area contributed by atoms with Crippen molar-refractivity contribution in [2.75, 3.05) is 32.7 Å². The van der Waals surface area contributed by atoms with Gasteiger partial charge in [0.25, 0.3) is 5.91 Å². The number of rotatable bonds is 5. The summed E-state index contributed by atoms with van der Waals surface area (Å²) in [6, 6.07) is 9.38. The summed E-state index contributed by atoms with van der Waals surface area (Å²) in [5, 5.41) is 3.03. The van der Waals surface area contributed by atoms with E-state index in [-0.39, 0.29) is 5.91 Å². The molecule has 0 spiro atoms. The number of hydrogen-bond donors (Lipinski definition) is 2. The molecule has 1 aromatic carbocycles. The topological polar surface area (TPSA) is 58.4 Å². The van der Waals surface area contributed by atoms with E-state index in [2.05, 4.69) is 10.2 Å². The molecule has 4 heteroatoms. The van der Waals surface area contributed by atoms with Crippen LogP contribution in [0.4, 0.5) is 0 Å². The van der Waals surface area contributed by atoms with Gasteiger partial charge in [-0.3, -0.25) is 4.79 Å². The third-order valence-electron chi connectivity index (χ3n) is 3.64. The summed E-state index contributed by atoms with van der Waals surface area (Å²) < 4.78 is 0. The van der Waals surface area contributed by atoms with Gasteiger partial charge in [-0.15, -0.1) is 0 Å². The Bertz CT molecular complexity index is 392. The summed E-state index contributed by atoms with van der Waals surface area (Å²) in [6.45, 7) is 4.62. The van der Waals surface area contributed by atoms with E-state index in [1.807, 2.05) is 30.3 Å². The van der Waals surface area contributed by atoms with E-state index in [9.17, 15) is 4.79 Å². The number of amides is 1. The molecule has 1 aliphatic heterocycles. The number of piperidine rings is 1. The predicted octanol–water partition coefficient (Wildman–Crippen LogP) is 1.09. The van der Waals surface area contributed by atoms with Gasteiger partial charge in [0.1, 0.15) is 0 Å². The summed E-state index contributed by atoms with van der Waals surface area (Å²) in [7, 11) is 0. The van der Waals surface area contributed by atoms with Crippen LogP contribution in [0.1, 0.15) is 23.2 Å². The molecule has 0 radical (unpaired) electrons. The Hall–Kier alpha value is -1.39.